The lowest BCUT2D eigenvalue weighted by atomic mass is 10.1. The number of allylic oxidation sites excluding steroid dienone is 1. The van der Waals surface area contributed by atoms with Gasteiger partial charge in [-0.2, -0.15) is 0 Å². The first-order valence-corrected chi connectivity index (χ1v) is 8.19. The summed E-state index contributed by atoms with van der Waals surface area (Å²) in [6.45, 7) is 4.90. The van der Waals surface area contributed by atoms with Gasteiger partial charge in [0.05, 0.1) is 0 Å². The van der Waals surface area contributed by atoms with Crippen molar-refractivity contribution in [3.05, 3.63) is 32.8 Å². The van der Waals surface area contributed by atoms with Crippen LogP contribution >= 0.6 is 27.5 Å². The van der Waals surface area contributed by atoms with Gasteiger partial charge in [0.1, 0.15) is 6.23 Å². The van der Waals surface area contributed by atoms with Crippen molar-refractivity contribution in [1.29, 1.82) is 0 Å². The fourth-order valence-electron chi connectivity index (χ4n) is 2.53. The Morgan fingerprint density at radius 3 is 2.80 bits per heavy atom. The van der Waals surface area contributed by atoms with Gasteiger partial charge in [-0.15, -0.1) is 0 Å². The molecule has 4 heteroatoms. The quantitative estimate of drug-likeness (QED) is 0.716. The Hall–Kier alpha value is -0.510. The molecule has 0 saturated carbocycles. The minimum Gasteiger partial charge on any atom is -0.358 e. The zero-order valence-corrected chi connectivity index (χ0v) is 14.6. The number of nitrogens with zero attached hydrogens (tertiary/aromatic N) is 1. The molecule has 1 saturated heterocycles. The van der Waals surface area contributed by atoms with Crippen LogP contribution in [0, 0.1) is 6.92 Å². The molecule has 0 spiro atoms. The van der Waals surface area contributed by atoms with Crippen molar-refractivity contribution >= 4 is 39.3 Å². The van der Waals surface area contributed by atoms with E-state index in [0.717, 1.165) is 45.8 Å². The molecule has 1 aromatic rings. The first kappa shape index (κ1) is 15.9. The maximum Gasteiger partial charge on any atom is 0.129 e. The Morgan fingerprint density at radius 1 is 1.45 bits per heavy atom. The highest BCUT2D eigenvalue weighted by Crippen LogP contribution is 2.37. The molecule has 1 atom stereocenters. The summed E-state index contributed by atoms with van der Waals surface area (Å²) in [5.74, 6) is 0. The van der Waals surface area contributed by atoms with Crippen LogP contribution in [0.3, 0.4) is 0 Å². The smallest absolute Gasteiger partial charge is 0.129 e. The van der Waals surface area contributed by atoms with E-state index in [4.69, 9.17) is 16.3 Å². The molecule has 1 aliphatic rings. The second kappa shape index (κ2) is 6.97. The molecule has 20 heavy (non-hydrogen) atoms. The lowest BCUT2D eigenvalue weighted by molar-refractivity contribution is 0.0174. The highest BCUT2D eigenvalue weighted by molar-refractivity contribution is 9.10. The molecule has 1 heterocycles. The van der Waals surface area contributed by atoms with Gasteiger partial charge < -0.3 is 9.64 Å². The Bertz CT molecular complexity index is 510. The predicted molar refractivity (Wildman–Crippen MR) is 90.6 cm³/mol. The van der Waals surface area contributed by atoms with Crippen molar-refractivity contribution in [3.63, 3.8) is 0 Å². The molecule has 0 aromatic heterocycles. The average molecular weight is 359 g/mol. The summed E-state index contributed by atoms with van der Waals surface area (Å²) in [7, 11) is 2.08. The zero-order valence-electron chi connectivity index (χ0n) is 12.2. The van der Waals surface area contributed by atoms with Gasteiger partial charge in [0, 0.05) is 34.4 Å². The highest BCUT2D eigenvalue weighted by Gasteiger charge is 2.22. The van der Waals surface area contributed by atoms with E-state index in [-0.39, 0.29) is 6.23 Å². The van der Waals surface area contributed by atoms with Gasteiger partial charge in [-0.25, -0.2) is 0 Å². The summed E-state index contributed by atoms with van der Waals surface area (Å²) in [6.07, 6.45) is 7.74. The van der Waals surface area contributed by atoms with Crippen LogP contribution in [0.15, 0.2) is 16.6 Å². The minimum absolute atomic E-state index is 0.137. The molecule has 0 N–H and O–H groups in total. The number of rotatable bonds is 3. The van der Waals surface area contributed by atoms with Gasteiger partial charge in [0.25, 0.3) is 0 Å². The summed E-state index contributed by atoms with van der Waals surface area (Å²) in [5, 5.41) is 0.780. The minimum atomic E-state index is 0.137. The second-order valence-corrected chi connectivity index (χ2v) is 6.36. The maximum atomic E-state index is 6.35. The first-order valence-electron chi connectivity index (χ1n) is 7.02. The SMILES string of the molecule is C/C=C\c1c(N(C)C2CCCCO2)cc(Cl)c(C)c1Br. The van der Waals surface area contributed by atoms with Crippen LogP contribution in [0.1, 0.15) is 37.3 Å². The molecule has 1 aromatic carbocycles. The Balaban J connectivity index is 2.43. The summed E-state index contributed by atoms with van der Waals surface area (Å²) >= 11 is 10.0. The Morgan fingerprint density at radius 2 is 2.20 bits per heavy atom. The summed E-state index contributed by atoms with van der Waals surface area (Å²) < 4.78 is 6.94. The molecule has 0 bridgehead atoms. The van der Waals surface area contributed by atoms with Crippen LogP contribution < -0.4 is 4.90 Å². The fraction of sp³-hybridized carbons (Fsp3) is 0.500. The van der Waals surface area contributed by atoms with Gasteiger partial charge in [-0.1, -0.05) is 23.8 Å². The molecular formula is C16H21BrClNO. The van der Waals surface area contributed by atoms with Crippen molar-refractivity contribution in [2.75, 3.05) is 18.6 Å². The van der Waals surface area contributed by atoms with Crippen LogP contribution in [-0.4, -0.2) is 19.9 Å². The summed E-state index contributed by atoms with van der Waals surface area (Å²) in [4.78, 5) is 2.20. The van der Waals surface area contributed by atoms with Gasteiger partial charge in [-0.3, -0.25) is 0 Å². The van der Waals surface area contributed by atoms with E-state index in [1.165, 1.54) is 6.42 Å². The van der Waals surface area contributed by atoms with E-state index < -0.39 is 0 Å². The van der Waals surface area contributed by atoms with E-state index >= 15 is 0 Å². The van der Waals surface area contributed by atoms with Crippen molar-refractivity contribution in [2.24, 2.45) is 0 Å². The predicted octanol–water partition coefficient (Wildman–Crippen LogP) is 5.41. The largest absolute Gasteiger partial charge is 0.358 e. The van der Waals surface area contributed by atoms with Crippen molar-refractivity contribution in [2.45, 2.75) is 39.3 Å². The Kier molecular flexibility index (Phi) is 5.53. The molecule has 0 radical (unpaired) electrons. The monoisotopic (exact) mass is 357 g/mol. The van der Waals surface area contributed by atoms with Crippen molar-refractivity contribution in [3.8, 4) is 0 Å². The molecule has 0 amide bonds. The van der Waals surface area contributed by atoms with Crippen LogP contribution in [0.5, 0.6) is 0 Å². The molecule has 1 aliphatic heterocycles. The lowest BCUT2D eigenvalue weighted by Crippen LogP contribution is -2.37. The normalized spacial score (nSPS) is 19.6. The average Bonchev–Trinajstić information content (AvgIpc) is 2.48. The molecule has 0 aliphatic carbocycles. The molecule has 1 unspecified atom stereocenters. The standard InChI is InChI=1S/C16H21BrClNO/c1-4-7-12-14(10-13(18)11(2)16(12)17)19(3)15-8-5-6-9-20-15/h4,7,10,15H,5-6,8-9H2,1-3H3/b7-4-. The number of anilines is 1. The lowest BCUT2D eigenvalue weighted by Gasteiger charge is -2.34. The van der Waals surface area contributed by atoms with E-state index in [2.05, 4.69) is 34.0 Å². The number of hydrogen-bond donors (Lipinski definition) is 0. The number of halogens is 2. The molecule has 2 nitrogen and oxygen atoms in total. The summed E-state index contributed by atoms with van der Waals surface area (Å²) in [5.41, 5.74) is 3.34. The third-order valence-corrected chi connectivity index (χ3v) is 5.18. The number of hydrogen-bond acceptors (Lipinski definition) is 2. The molecule has 1 fully saturated rings. The maximum absolute atomic E-state index is 6.35. The van der Waals surface area contributed by atoms with Crippen LogP contribution in [0.4, 0.5) is 5.69 Å². The second-order valence-electron chi connectivity index (χ2n) is 5.16. The van der Waals surface area contributed by atoms with Crippen LogP contribution in [-0.2, 0) is 4.74 Å². The highest BCUT2D eigenvalue weighted by atomic mass is 79.9. The van der Waals surface area contributed by atoms with Crippen LogP contribution in [0.25, 0.3) is 6.08 Å². The molecular weight excluding hydrogens is 338 g/mol. The van der Waals surface area contributed by atoms with E-state index in [9.17, 15) is 0 Å². The van der Waals surface area contributed by atoms with Crippen molar-refractivity contribution in [1.82, 2.24) is 0 Å². The third kappa shape index (κ3) is 3.21. The zero-order chi connectivity index (χ0) is 14.7. The summed E-state index contributed by atoms with van der Waals surface area (Å²) in [6, 6.07) is 2.04. The topological polar surface area (TPSA) is 12.5 Å². The van der Waals surface area contributed by atoms with Gasteiger partial charge >= 0.3 is 0 Å². The van der Waals surface area contributed by atoms with Gasteiger partial charge in [0.2, 0.25) is 0 Å². The van der Waals surface area contributed by atoms with Crippen LogP contribution in [0.2, 0.25) is 5.02 Å². The number of ether oxygens (including phenoxy) is 1. The van der Waals surface area contributed by atoms with E-state index in [0.29, 0.717) is 0 Å². The van der Waals surface area contributed by atoms with Gasteiger partial charge in [0.15, 0.2) is 0 Å². The van der Waals surface area contributed by atoms with E-state index in [1.54, 1.807) is 0 Å². The Labute approximate surface area is 134 Å². The van der Waals surface area contributed by atoms with Crippen molar-refractivity contribution < 1.29 is 4.74 Å². The molecule has 2 rings (SSSR count). The fourth-order valence-corrected chi connectivity index (χ4v) is 3.39. The molecule has 110 valence electrons. The van der Waals surface area contributed by atoms with E-state index in [1.807, 2.05) is 26.0 Å². The number of benzene rings is 1. The third-order valence-electron chi connectivity index (χ3n) is 3.76. The van der Waals surface area contributed by atoms with Gasteiger partial charge in [-0.05, 0) is 60.7 Å². The first-order chi connectivity index (χ1) is 9.56.